The summed E-state index contributed by atoms with van der Waals surface area (Å²) in [4.78, 5) is 12.2. The fourth-order valence-corrected chi connectivity index (χ4v) is 5.42. The van der Waals surface area contributed by atoms with Crippen LogP contribution in [0.4, 0.5) is 0 Å². The maximum absolute atomic E-state index is 12.2. The minimum atomic E-state index is -2.17. The largest absolute Gasteiger partial charge is 0.395 e. The minimum Gasteiger partial charge on any atom is -0.395 e. The molecule has 0 heterocycles. The fourth-order valence-electron chi connectivity index (χ4n) is 3.10. The Bertz CT molecular complexity index is 675. The van der Waals surface area contributed by atoms with E-state index in [9.17, 15) is 4.79 Å². The lowest BCUT2D eigenvalue weighted by Crippen LogP contribution is -2.39. The number of benzene rings is 2. The summed E-state index contributed by atoms with van der Waals surface area (Å²) < 4.78 is 11.8. The second-order valence-corrected chi connectivity index (χ2v) is 9.22. The van der Waals surface area contributed by atoms with E-state index < -0.39 is 8.56 Å². The number of carbonyl (C=O) groups excluding carboxylic acids is 1. The van der Waals surface area contributed by atoms with Crippen LogP contribution in [0.1, 0.15) is 36.7 Å². The number of fused-ring (bicyclic) bond motifs is 1. The number of carbonyl (C=O) groups is 1. The zero-order valence-electron chi connectivity index (χ0n) is 14.5. The lowest BCUT2D eigenvalue weighted by molar-refractivity contribution is 0.101. The van der Waals surface area contributed by atoms with Gasteiger partial charge in [0, 0.05) is 18.8 Å². The van der Waals surface area contributed by atoms with Crippen molar-refractivity contribution in [3.8, 4) is 0 Å². The molecule has 0 unspecified atom stereocenters. The molecule has 0 radical (unpaired) electrons. The van der Waals surface area contributed by atoms with Crippen molar-refractivity contribution in [1.82, 2.24) is 0 Å². The molecule has 0 aromatic heterocycles. The highest BCUT2D eigenvalue weighted by Gasteiger charge is 2.30. The summed E-state index contributed by atoms with van der Waals surface area (Å²) in [5.41, 5.74) is 1.93. The fraction of sp³-hybridized carbons (Fsp3) is 0.421. The van der Waals surface area contributed by atoms with E-state index >= 15 is 0 Å². The van der Waals surface area contributed by atoms with Gasteiger partial charge in [0.05, 0.1) is 0 Å². The molecule has 0 aliphatic heterocycles. The lowest BCUT2D eigenvalue weighted by Gasteiger charge is -2.26. The highest BCUT2D eigenvalue weighted by Crippen LogP contribution is 2.26. The molecule has 23 heavy (non-hydrogen) atoms. The highest BCUT2D eigenvalue weighted by molar-refractivity contribution is 6.66. The van der Waals surface area contributed by atoms with Crippen LogP contribution in [0.3, 0.4) is 0 Å². The van der Waals surface area contributed by atoms with E-state index in [1.165, 1.54) is 0 Å². The monoisotopic (exact) mass is 330 g/mol. The van der Waals surface area contributed by atoms with Crippen molar-refractivity contribution < 1.29 is 13.6 Å². The molecule has 0 amide bonds. The predicted molar refractivity (Wildman–Crippen MR) is 97.3 cm³/mol. The number of rotatable bonds is 8. The quantitative estimate of drug-likeness (QED) is 0.518. The van der Waals surface area contributed by atoms with Gasteiger partial charge in [0.25, 0.3) is 0 Å². The first-order valence-electron chi connectivity index (χ1n) is 8.30. The molecule has 0 aliphatic rings. The molecule has 0 fully saturated rings. The summed E-state index contributed by atoms with van der Waals surface area (Å²) >= 11 is 0. The maximum atomic E-state index is 12.2. The molecule has 0 spiro atoms. The third kappa shape index (κ3) is 4.28. The molecule has 4 heteroatoms. The Balaban J connectivity index is 2.32. The van der Waals surface area contributed by atoms with E-state index in [2.05, 4.69) is 18.7 Å². The molecule has 0 aliphatic carbocycles. The molecule has 124 valence electrons. The van der Waals surface area contributed by atoms with Crippen LogP contribution in [0, 0.1) is 0 Å². The van der Waals surface area contributed by atoms with Crippen molar-refractivity contribution in [3.05, 3.63) is 47.5 Å². The highest BCUT2D eigenvalue weighted by atomic mass is 28.4. The first kappa shape index (κ1) is 17.9. The number of aryl methyl sites for hydroxylation is 1. The van der Waals surface area contributed by atoms with Crippen LogP contribution in [0.2, 0.25) is 12.6 Å². The van der Waals surface area contributed by atoms with Crippen LogP contribution in [0.25, 0.3) is 10.8 Å². The van der Waals surface area contributed by atoms with Crippen LogP contribution in [-0.2, 0) is 15.3 Å². The maximum Gasteiger partial charge on any atom is 0.335 e. The average molecular weight is 331 g/mol. The van der Waals surface area contributed by atoms with Crippen LogP contribution in [0.5, 0.6) is 0 Å². The van der Waals surface area contributed by atoms with Crippen molar-refractivity contribution in [2.45, 2.75) is 39.8 Å². The lowest BCUT2D eigenvalue weighted by atomic mass is 9.95. The van der Waals surface area contributed by atoms with Crippen molar-refractivity contribution >= 4 is 25.1 Å². The zero-order chi connectivity index (χ0) is 16.9. The standard InChI is InChI=1S/C19H26O3Si/c1-5-21-23(4,22-6-2)14-13-17-12-11-16-9-7-8-10-18(16)19(17)15(3)20/h7-12H,5-6,13-14H2,1-4H3. The van der Waals surface area contributed by atoms with E-state index in [0.29, 0.717) is 13.2 Å². The Kier molecular flexibility index (Phi) is 6.10. The average Bonchev–Trinajstić information content (AvgIpc) is 2.52. The first-order chi connectivity index (χ1) is 11.0. The minimum absolute atomic E-state index is 0.119. The molecular formula is C19H26O3Si. The van der Waals surface area contributed by atoms with Crippen LogP contribution in [-0.4, -0.2) is 27.6 Å². The molecule has 3 nitrogen and oxygen atoms in total. The Morgan fingerprint density at radius 1 is 1.04 bits per heavy atom. The third-order valence-corrected chi connectivity index (χ3v) is 7.07. The van der Waals surface area contributed by atoms with Gasteiger partial charge in [-0.25, -0.2) is 0 Å². The van der Waals surface area contributed by atoms with Gasteiger partial charge in [-0.15, -0.1) is 0 Å². The molecule has 2 rings (SSSR count). The SMILES string of the molecule is CCO[Si](C)(CCc1ccc2ccccc2c1C(C)=O)OCC. The molecule has 0 saturated heterocycles. The van der Waals surface area contributed by atoms with Gasteiger partial charge >= 0.3 is 8.56 Å². The summed E-state index contributed by atoms with van der Waals surface area (Å²) in [7, 11) is -2.17. The molecular weight excluding hydrogens is 304 g/mol. The smallest absolute Gasteiger partial charge is 0.335 e. The van der Waals surface area contributed by atoms with Crippen molar-refractivity contribution in [2.75, 3.05) is 13.2 Å². The summed E-state index contributed by atoms with van der Waals surface area (Å²) in [5.74, 6) is 0.119. The Labute approximate surface area is 139 Å². The van der Waals surface area contributed by atoms with Gasteiger partial charge < -0.3 is 8.85 Å². The Hall–Kier alpha value is -1.49. The first-order valence-corrected chi connectivity index (χ1v) is 10.8. The number of hydrogen-bond donors (Lipinski definition) is 0. The molecule has 2 aromatic rings. The summed E-state index contributed by atoms with van der Waals surface area (Å²) in [5, 5.41) is 2.14. The van der Waals surface area contributed by atoms with Crippen LogP contribution < -0.4 is 0 Å². The normalized spacial score (nSPS) is 11.8. The van der Waals surface area contributed by atoms with E-state index in [1.54, 1.807) is 6.92 Å². The second kappa shape index (κ2) is 7.86. The molecule has 0 atom stereocenters. The predicted octanol–water partition coefficient (Wildman–Crippen LogP) is 4.73. The number of hydrogen-bond acceptors (Lipinski definition) is 3. The third-order valence-electron chi connectivity index (χ3n) is 4.12. The van der Waals surface area contributed by atoms with Crippen molar-refractivity contribution in [3.63, 3.8) is 0 Å². The second-order valence-electron chi connectivity index (χ2n) is 5.88. The van der Waals surface area contributed by atoms with Gasteiger partial charge in [-0.05, 0) is 56.1 Å². The van der Waals surface area contributed by atoms with Gasteiger partial charge in [-0.1, -0.05) is 36.4 Å². The summed E-state index contributed by atoms with van der Waals surface area (Å²) in [6.45, 7) is 9.09. The summed E-state index contributed by atoms with van der Waals surface area (Å²) in [6.07, 6.45) is 0.808. The summed E-state index contributed by atoms with van der Waals surface area (Å²) in [6, 6.07) is 13.1. The molecule has 0 N–H and O–H groups in total. The number of ketones is 1. The van der Waals surface area contributed by atoms with Gasteiger partial charge in [0.1, 0.15) is 0 Å². The van der Waals surface area contributed by atoms with Crippen molar-refractivity contribution in [2.24, 2.45) is 0 Å². The van der Waals surface area contributed by atoms with Gasteiger partial charge in [-0.3, -0.25) is 4.79 Å². The number of Topliss-reactive ketones (excluding diaryl/α,β-unsaturated/α-hetero) is 1. The van der Waals surface area contributed by atoms with E-state index in [0.717, 1.165) is 34.4 Å². The van der Waals surface area contributed by atoms with Crippen molar-refractivity contribution in [1.29, 1.82) is 0 Å². The zero-order valence-corrected chi connectivity index (χ0v) is 15.5. The Morgan fingerprint density at radius 2 is 1.70 bits per heavy atom. The van der Waals surface area contributed by atoms with E-state index in [-0.39, 0.29) is 5.78 Å². The van der Waals surface area contributed by atoms with E-state index in [4.69, 9.17) is 8.85 Å². The molecule has 0 saturated carbocycles. The Morgan fingerprint density at radius 3 is 2.30 bits per heavy atom. The molecule has 2 aromatic carbocycles. The van der Waals surface area contributed by atoms with Gasteiger partial charge in [0.15, 0.2) is 5.78 Å². The molecule has 0 bridgehead atoms. The van der Waals surface area contributed by atoms with Crippen LogP contribution >= 0.6 is 0 Å². The van der Waals surface area contributed by atoms with Crippen LogP contribution in [0.15, 0.2) is 36.4 Å². The van der Waals surface area contributed by atoms with Gasteiger partial charge in [-0.2, -0.15) is 0 Å². The topological polar surface area (TPSA) is 35.5 Å². The van der Waals surface area contributed by atoms with E-state index in [1.807, 2.05) is 38.1 Å². The van der Waals surface area contributed by atoms with Gasteiger partial charge in [0.2, 0.25) is 0 Å².